The number of hydrogen-bond acceptors (Lipinski definition) is 2. The molecule has 1 heterocycles. The standard InChI is InChI=1S/C13H13ClN2/c1-10-7-13(5-6-15-10)16-9-11-3-2-4-12(14)8-11/h2-8H,9H2,1H3,(H,15,16). The number of aromatic nitrogens is 1. The average molecular weight is 233 g/mol. The highest BCUT2D eigenvalue weighted by atomic mass is 35.5. The van der Waals surface area contributed by atoms with Crippen molar-refractivity contribution in [2.24, 2.45) is 0 Å². The summed E-state index contributed by atoms with van der Waals surface area (Å²) in [6.45, 7) is 2.74. The largest absolute Gasteiger partial charge is 0.381 e. The highest BCUT2D eigenvalue weighted by Gasteiger charge is 1.95. The van der Waals surface area contributed by atoms with Gasteiger partial charge in [0.05, 0.1) is 0 Å². The van der Waals surface area contributed by atoms with Gasteiger partial charge in [0.2, 0.25) is 0 Å². The Morgan fingerprint density at radius 3 is 2.88 bits per heavy atom. The van der Waals surface area contributed by atoms with E-state index in [0.29, 0.717) is 0 Å². The van der Waals surface area contributed by atoms with Crippen LogP contribution in [-0.2, 0) is 6.54 Å². The third kappa shape index (κ3) is 2.97. The molecule has 1 aromatic heterocycles. The number of benzene rings is 1. The number of nitrogens with one attached hydrogen (secondary N) is 1. The second-order valence-corrected chi connectivity index (χ2v) is 4.11. The molecule has 2 nitrogen and oxygen atoms in total. The molecule has 2 rings (SSSR count). The van der Waals surface area contributed by atoms with Crippen LogP contribution >= 0.6 is 11.6 Å². The molecule has 0 aliphatic heterocycles. The molecule has 0 fully saturated rings. The summed E-state index contributed by atoms with van der Waals surface area (Å²) in [5.74, 6) is 0. The molecule has 82 valence electrons. The fourth-order valence-electron chi connectivity index (χ4n) is 1.51. The first-order valence-electron chi connectivity index (χ1n) is 5.15. The summed E-state index contributed by atoms with van der Waals surface area (Å²) < 4.78 is 0. The monoisotopic (exact) mass is 232 g/mol. The molecule has 2 aromatic rings. The van der Waals surface area contributed by atoms with E-state index in [2.05, 4.69) is 10.3 Å². The summed E-state index contributed by atoms with van der Waals surface area (Å²) in [4.78, 5) is 4.15. The second kappa shape index (κ2) is 4.99. The van der Waals surface area contributed by atoms with Crippen LogP contribution in [0, 0.1) is 6.92 Å². The minimum absolute atomic E-state index is 0.768. The molecule has 0 spiro atoms. The Morgan fingerprint density at radius 1 is 1.25 bits per heavy atom. The zero-order chi connectivity index (χ0) is 11.4. The van der Waals surface area contributed by atoms with Crippen molar-refractivity contribution < 1.29 is 0 Å². The van der Waals surface area contributed by atoms with Crippen molar-refractivity contribution in [3.8, 4) is 0 Å². The summed E-state index contributed by atoms with van der Waals surface area (Å²) in [6.07, 6.45) is 1.80. The van der Waals surface area contributed by atoms with Crippen LogP contribution in [-0.4, -0.2) is 4.98 Å². The minimum atomic E-state index is 0.768. The summed E-state index contributed by atoms with van der Waals surface area (Å²) in [7, 11) is 0. The fourth-order valence-corrected chi connectivity index (χ4v) is 1.72. The lowest BCUT2D eigenvalue weighted by Crippen LogP contribution is -1.99. The Kier molecular flexibility index (Phi) is 3.42. The molecule has 0 saturated carbocycles. The van der Waals surface area contributed by atoms with Gasteiger partial charge in [-0.3, -0.25) is 4.98 Å². The first-order chi connectivity index (χ1) is 7.74. The highest BCUT2D eigenvalue weighted by molar-refractivity contribution is 6.30. The zero-order valence-electron chi connectivity index (χ0n) is 9.07. The van der Waals surface area contributed by atoms with Gasteiger partial charge in [-0.1, -0.05) is 23.7 Å². The van der Waals surface area contributed by atoms with E-state index >= 15 is 0 Å². The van der Waals surface area contributed by atoms with Gasteiger partial charge in [-0.05, 0) is 36.8 Å². The van der Waals surface area contributed by atoms with Crippen molar-refractivity contribution in [1.82, 2.24) is 4.98 Å². The Morgan fingerprint density at radius 2 is 2.12 bits per heavy atom. The first-order valence-corrected chi connectivity index (χ1v) is 5.53. The zero-order valence-corrected chi connectivity index (χ0v) is 9.83. The van der Waals surface area contributed by atoms with Crippen LogP contribution in [0.1, 0.15) is 11.3 Å². The summed E-state index contributed by atoms with van der Waals surface area (Å²) in [6, 6.07) is 11.8. The predicted octanol–water partition coefficient (Wildman–Crippen LogP) is 3.66. The smallest absolute Gasteiger partial charge is 0.0409 e. The molecule has 0 amide bonds. The Bertz CT molecular complexity index is 437. The van der Waals surface area contributed by atoms with Gasteiger partial charge in [0.15, 0.2) is 0 Å². The number of anilines is 1. The van der Waals surface area contributed by atoms with Gasteiger partial charge >= 0.3 is 0 Å². The highest BCUT2D eigenvalue weighted by Crippen LogP contribution is 2.13. The number of aryl methyl sites for hydroxylation is 1. The molecule has 0 saturated heterocycles. The molecule has 0 bridgehead atoms. The SMILES string of the molecule is Cc1cc(NCc2cccc(Cl)c2)ccn1. The predicted molar refractivity (Wildman–Crippen MR) is 67.8 cm³/mol. The summed E-state index contributed by atoms with van der Waals surface area (Å²) in [5, 5.41) is 4.10. The Hall–Kier alpha value is -1.54. The van der Waals surface area contributed by atoms with Crippen molar-refractivity contribution in [3.63, 3.8) is 0 Å². The molecule has 0 aliphatic carbocycles. The van der Waals surface area contributed by atoms with Gasteiger partial charge in [0.25, 0.3) is 0 Å². The maximum absolute atomic E-state index is 5.91. The van der Waals surface area contributed by atoms with E-state index in [1.807, 2.05) is 43.3 Å². The lowest BCUT2D eigenvalue weighted by molar-refractivity contribution is 1.13. The van der Waals surface area contributed by atoms with E-state index in [-0.39, 0.29) is 0 Å². The van der Waals surface area contributed by atoms with Gasteiger partial charge in [-0.15, -0.1) is 0 Å². The number of halogens is 1. The molecule has 0 atom stereocenters. The molecule has 16 heavy (non-hydrogen) atoms. The molecule has 0 unspecified atom stereocenters. The van der Waals surface area contributed by atoms with Gasteiger partial charge < -0.3 is 5.32 Å². The summed E-state index contributed by atoms with van der Waals surface area (Å²) >= 11 is 5.91. The Labute approximate surface area is 100 Å². The third-order valence-electron chi connectivity index (χ3n) is 2.28. The van der Waals surface area contributed by atoms with Crippen molar-refractivity contribution in [3.05, 3.63) is 58.9 Å². The number of hydrogen-bond donors (Lipinski definition) is 1. The van der Waals surface area contributed by atoms with E-state index in [9.17, 15) is 0 Å². The van der Waals surface area contributed by atoms with Crippen molar-refractivity contribution in [2.75, 3.05) is 5.32 Å². The molecular formula is C13H13ClN2. The van der Waals surface area contributed by atoms with Crippen LogP contribution in [0.5, 0.6) is 0 Å². The Balaban J connectivity index is 2.02. The van der Waals surface area contributed by atoms with E-state index in [1.54, 1.807) is 6.20 Å². The maximum Gasteiger partial charge on any atom is 0.0409 e. The second-order valence-electron chi connectivity index (χ2n) is 3.67. The van der Waals surface area contributed by atoms with Gasteiger partial charge in [-0.2, -0.15) is 0 Å². The maximum atomic E-state index is 5.91. The van der Waals surface area contributed by atoms with E-state index in [1.165, 1.54) is 5.56 Å². The van der Waals surface area contributed by atoms with Gasteiger partial charge in [0, 0.05) is 29.1 Å². The topological polar surface area (TPSA) is 24.9 Å². The first kappa shape index (κ1) is 11.0. The molecule has 3 heteroatoms. The summed E-state index contributed by atoms with van der Waals surface area (Å²) in [5.41, 5.74) is 3.26. The molecular weight excluding hydrogens is 220 g/mol. The van der Waals surface area contributed by atoms with Crippen LogP contribution in [0.4, 0.5) is 5.69 Å². The number of pyridine rings is 1. The van der Waals surface area contributed by atoms with Crippen LogP contribution in [0.25, 0.3) is 0 Å². The fraction of sp³-hybridized carbons (Fsp3) is 0.154. The normalized spacial score (nSPS) is 10.1. The van der Waals surface area contributed by atoms with Crippen LogP contribution in [0.2, 0.25) is 5.02 Å². The van der Waals surface area contributed by atoms with E-state index in [0.717, 1.165) is 22.9 Å². The quantitative estimate of drug-likeness (QED) is 0.874. The third-order valence-corrected chi connectivity index (χ3v) is 2.52. The van der Waals surface area contributed by atoms with Crippen LogP contribution < -0.4 is 5.32 Å². The molecule has 1 N–H and O–H groups in total. The van der Waals surface area contributed by atoms with Crippen molar-refractivity contribution in [1.29, 1.82) is 0 Å². The van der Waals surface area contributed by atoms with Crippen LogP contribution in [0.15, 0.2) is 42.6 Å². The molecule has 0 radical (unpaired) electrons. The minimum Gasteiger partial charge on any atom is -0.381 e. The van der Waals surface area contributed by atoms with Gasteiger partial charge in [0.1, 0.15) is 0 Å². The molecule has 1 aromatic carbocycles. The number of nitrogens with zero attached hydrogens (tertiary/aromatic N) is 1. The lowest BCUT2D eigenvalue weighted by atomic mass is 10.2. The van der Waals surface area contributed by atoms with E-state index in [4.69, 9.17) is 11.6 Å². The van der Waals surface area contributed by atoms with Crippen molar-refractivity contribution >= 4 is 17.3 Å². The lowest BCUT2D eigenvalue weighted by Gasteiger charge is -2.07. The van der Waals surface area contributed by atoms with Gasteiger partial charge in [-0.25, -0.2) is 0 Å². The van der Waals surface area contributed by atoms with Crippen molar-refractivity contribution in [2.45, 2.75) is 13.5 Å². The van der Waals surface area contributed by atoms with Crippen LogP contribution in [0.3, 0.4) is 0 Å². The average Bonchev–Trinajstić information content (AvgIpc) is 2.27. The van der Waals surface area contributed by atoms with E-state index < -0.39 is 0 Å². The number of rotatable bonds is 3. The molecule has 0 aliphatic rings.